The number of carboxylic acids is 1. The molecule has 1 fully saturated rings. The quantitative estimate of drug-likeness (QED) is 0.590. The molecule has 0 aromatic carbocycles. The molecule has 3 N–H and O–H groups in total. The van der Waals surface area contributed by atoms with E-state index in [2.05, 4.69) is 0 Å². The maximum atomic E-state index is 11.1. The first-order valence-corrected chi connectivity index (χ1v) is 3.93. The highest BCUT2D eigenvalue weighted by atomic mass is 16.5. The summed E-state index contributed by atoms with van der Waals surface area (Å²) in [6.45, 7) is 0.102. The van der Waals surface area contributed by atoms with Crippen molar-refractivity contribution < 1.29 is 19.4 Å². The Hall–Kier alpha value is -1.36. The molecule has 0 saturated carbocycles. The van der Waals surface area contributed by atoms with Crippen LogP contribution in [0.3, 0.4) is 0 Å². The fourth-order valence-electron chi connectivity index (χ4n) is 1.93. The van der Waals surface area contributed by atoms with Gasteiger partial charge in [0.05, 0.1) is 18.3 Å². The predicted octanol–water partition coefficient (Wildman–Crippen LogP) is -0.728. The molecule has 0 aromatic rings. The molecular formula is C8H9NO4. The van der Waals surface area contributed by atoms with Crippen LogP contribution < -0.4 is 5.73 Å². The Bertz CT molecular complexity index is 322. The average molecular weight is 183 g/mol. The minimum atomic E-state index is -1.08. The molecule has 1 aliphatic carbocycles. The maximum Gasteiger partial charge on any atom is 0.332 e. The Balaban J connectivity index is 2.44. The first-order chi connectivity index (χ1) is 6.06. The zero-order chi connectivity index (χ0) is 9.64. The van der Waals surface area contributed by atoms with Crippen molar-refractivity contribution in [2.75, 3.05) is 6.61 Å². The van der Waals surface area contributed by atoms with Crippen molar-refractivity contribution in [2.45, 2.75) is 12.5 Å². The summed E-state index contributed by atoms with van der Waals surface area (Å²) in [4.78, 5) is 21.9. The molecule has 0 aromatic heterocycles. The summed E-state index contributed by atoms with van der Waals surface area (Å²) in [6.07, 6.45) is 1.60. The van der Waals surface area contributed by atoms with Gasteiger partial charge in [-0.25, -0.2) is 4.79 Å². The van der Waals surface area contributed by atoms with Crippen LogP contribution in [-0.4, -0.2) is 29.7 Å². The topological polar surface area (TPSA) is 89.6 Å². The van der Waals surface area contributed by atoms with Crippen LogP contribution in [0.15, 0.2) is 11.6 Å². The Morgan fingerprint density at radius 2 is 2.38 bits per heavy atom. The van der Waals surface area contributed by atoms with Gasteiger partial charge in [-0.15, -0.1) is 0 Å². The zero-order valence-electron chi connectivity index (χ0n) is 6.82. The lowest BCUT2D eigenvalue weighted by molar-refractivity contribution is -0.137. The summed E-state index contributed by atoms with van der Waals surface area (Å²) >= 11 is 0. The smallest absolute Gasteiger partial charge is 0.332 e. The van der Waals surface area contributed by atoms with Crippen molar-refractivity contribution in [2.24, 2.45) is 11.1 Å². The third-order valence-electron chi connectivity index (χ3n) is 2.66. The van der Waals surface area contributed by atoms with E-state index in [9.17, 15) is 9.59 Å². The van der Waals surface area contributed by atoms with Gasteiger partial charge in [-0.2, -0.15) is 0 Å². The third-order valence-corrected chi connectivity index (χ3v) is 2.66. The molecule has 13 heavy (non-hydrogen) atoms. The minimum Gasteiger partial charge on any atom is -0.478 e. The Morgan fingerprint density at radius 3 is 2.77 bits per heavy atom. The van der Waals surface area contributed by atoms with Crippen LogP contribution in [0.2, 0.25) is 0 Å². The second-order valence-electron chi connectivity index (χ2n) is 3.39. The molecule has 2 unspecified atom stereocenters. The molecule has 1 aliphatic heterocycles. The number of hydrogen-bond donors (Lipinski definition) is 2. The fraction of sp³-hybridized carbons (Fsp3) is 0.500. The lowest BCUT2D eigenvalue weighted by Crippen LogP contribution is -2.40. The van der Waals surface area contributed by atoms with E-state index >= 15 is 0 Å². The van der Waals surface area contributed by atoms with Crippen molar-refractivity contribution in [1.29, 1.82) is 0 Å². The Labute approximate surface area is 74.2 Å². The van der Waals surface area contributed by atoms with Crippen molar-refractivity contribution >= 4 is 11.9 Å². The highest BCUT2D eigenvalue weighted by molar-refractivity contribution is 6.00. The number of carbonyl (C=O) groups is 2. The molecule has 1 saturated heterocycles. The largest absolute Gasteiger partial charge is 0.478 e. The summed E-state index contributed by atoms with van der Waals surface area (Å²) in [5, 5.41) is 8.82. The van der Waals surface area contributed by atoms with E-state index in [1.54, 1.807) is 0 Å². The lowest BCUT2D eigenvalue weighted by atomic mass is 9.82. The number of carbonyl (C=O) groups excluding carboxylic acids is 1. The molecule has 70 valence electrons. The molecule has 2 rings (SSSR count). The number of fused-ring (bicyclic) bond motifs is 2. The van der Waals surface area contributed by atoms with Crippen LogP contribution in [0.1, 0.15) is 6.42 Å². The van der Waals surface area contributed by atoms with Gasteiger partial charge in [-0.05, 0) is 12.5 Å². The summed E-state index contributed by atoms with van der Waals surface area (Å²) < 4.78 is 5.16. The number of nitrogens with two attached hydrogens (primary N) is 1. The fourth-order valence-corrected chi connectivity index (χ4v) is 1.93. The van der Waals surface area contributed by atoms with Crippen LogP contribution in [0.25, 0.3) is 0 Å². The Morgan fingerprint density at radius 1 is 1.69 bits per heavy atom. The molecule has 5 heteroatoms. The van der Waals surface area contributed by atoms with Crippen molar-refractivity contribution in [3.05, 3.63) is 11.6 Å². The van der Waals surface area contributed by atoms with Gasteiger partial charge in [0.2, 0.25) is 5.91 Å². The maximum absolute atomic E-state index is 11.1. The first-order valence-electron chi connectivity index (χ1n) is 3.93. The monoisotopic (exact) mass is 183 g/mol. The van der Waals surface area contributed by atoms with Crippen molar-refractivity contribution in [3.8, 4) is 0 Å². The van der Waals surface area contributed by atoms with Crippen LogP contribution in [0.5, 0.6) is 0 Å². The summed E-state index contributed by atoms with van der Waals surface area (Å²) in [6, 6.07) is 0. The third kappa shape index (κ3) is 0.904. The number of carboxylic acid groups (broad SMARTS) is 1. The first kappa shape index (κ1) is 8.25. The second kappa shape index (κ2) is 2.32. The highest BCUT2D eigenvalue weighted by Gasteiger charge is 2.54. The molecule has 0 spiro atoms. The number of primary amides is 1. The number of amides is 1. The van der Waals surface area contributed by atoms with E-state index < -0.39 is 17.3 Å². The average Bonchev–Trinajstić information content (AvgIpc) is 2.60. The predicted molar refractivity (Wildman–Crippen MR) is 41.7 cm³/mol. The standard InChI is InChI=1S/C8H9NO4/c9-7(12)8-2-4(13-3-8)1-5(8)6(10)11/h1,4H,2-3H2,(H2,9,12)(H,10,11). The molecule has 1 heterocycles. The minimum absolute atomic E-state index is 0.0938. The number of aliphatic carboxylic acids is 1. The van der Waals surface area contributed by atoms with Gasteiger partial charge in [0.15, 0.2) is 0 Å². The molecule has 2 atom stereocenters. The van der Waals surface area contributed by atoms with Gasteiger partial charge in [0, 0.05) is 0 Å². The molecule has 1 amide bonds. The lowest BCUT2D eigenvalue weighted by Gasteiger charge is -2.22. The van der Waals surface area contributed by atoms with E-state index in [0.29, 0.717) is 6.42 Å². The summed E-state index contributed by atoms with van der Waals surface area (Å²) in [5.41, 5.74) is 4.20. The zero-order valence-corrected chi connectivity index (χ0v) is 6.82. The SMILES string of the molecule is NC(=O)C12COC(C=C1C(=O)O)C2. The van der Waals surface area contributed by atoms with Crippen LogP contribution in [0, 0.1) is 5.41 Å². The molecule has 2 bridgehead atoms. The van der Waals surface area contributed by atoms with E-state index in [1.165, 1.54) is 6.08 Å². The normalized spacial score (nSPS) is 36.0. The van der Waals surface area contributed by atoms with Crippen molar-refractivity contribution in [1.82, 2.24) is 0 Å². The van der Waals surface area contributed by atoms with Gasteiger partial charge in [0.25, 0.3) is 0 Å². The highest BCUT2D eigenvalue weighted by Crippen LogP contribution is 2.46. The Kier molecular flexibility index (Phi) is 1.47. The van der Waals surface area contributed by atoms with Crippen LogP contribution >= 0.6 is 0 Å². The van der Waals surface area contributed by atoms with E-state index in [0.717, 1.165) is 0 Å². The van der Waals surface area contributed by atoms with E-state index in [1.807, 2.05) is 0 Å². The van der Waals surface area contributed by atoms with Gasteiger partial charge in [-0.1, -0.05) is 0 Å². The van der Waals surface area contributed by atoms with Crippen LogP contribution in [0.4, 0.5) is 0 Å². The summed E-state index contributed by atoms with van der Waals surface area (Å²) in [7, 11) is 0. The van der Waals surface area contributed by atoms with Crippen molar-refractivity contribution in [3.63, 3.8) is 0 Å². The van der Waals surface area contributed by atoms with Gasteiger partial charge >= 0.3 is 5.97 Å². The van der Waals surface area contributed by atoms with Crippen LogP contribution in [-0.2, 0) is 14.3 Å². The molecule has 0 radical (unpaired) electrons. The van der Waals surface area contributed by atoms with E-state index in [4.69, 9.17) is 15.6 Å². The van der Waals surface area contributed by atoms with E-state index in [-0.39, 0.29) is 18.3 Å². The van der Waals surface area contributed by atoms with Gasteiger partial charge in [0.1, 0.15) is 5.41 Å². The number of ether oxygens (including phenoxy) is 1. The molecule has 5 nitrogen and oxygen atoms in total. The molecular weight excluding hydrogens is 174 g/mol. The van der Waals surface area contributed by atoms with Gasteiger partial charge in [-0.3, -0.25) is 4.79 Å². The number of hydrogen-bond acceptors (Lipinski definition) is 3. The van der Waals surface area contributed by atoms with Gasteiger partial charge < -0.3 is 15.6 Å². The number of rotatable bonds is 2. The molecule has 2 aliphatic rings. The second-order valence-corrected chi connectivity index (χ2v) is 3.39. The summed E-state index contributed by atoms with van der Waals surface area (Å²) in [5.74, 6) is -1.69.